The highest BCUT2D eigenvalue weighted by Crippen LogP contribution is 2.56. The molecule has 1 heterocycles. The van der Waals surface area contributed by atoms with Crippen LogP contribution in [0.1, 0.15) is 38.0 Å². The van der Waals surface area contributed by atoms with Gasteiger partial charge in [0.1, 0.15) is 5.75 Å². The van der Waals surface area contributed by atoms with Crippen molar-refractivity contribution in [3.05, 3.63) is 30.2 Å². The van der Waals surface area contributed by atoms with Gasteiger partial charge in [-0.25, -0.2) is 0 Å². The molecular formula is C21H24N2O4. The van der Waals surface area contributed by atoms with E-state index in [4.69, 9.17) is 14.0 Å². The molecule has 0 aliphatic heterocycles. The molecule has 0 spiro atoms. The van der Waals surface area contributed by atoms with Crippen molar-refractivity contribution < 1.29 is 18.8 Å². The molecule has 0 radical (unpaired) electrons. The maximum absolute atomic E-state index is 12.7. The van der Waals surface area contributed by atoms with Gasteiger partial charge in [-0.3, -0.25) is 4.79 Å². The molecule has 0 saturated heterocycles. The molecule has 6 heteroatoms. The van der Waals surface area contributed by atoms with Crippen molar-refractivity contribution in [2.24, 2.45) is 29.6 Å². The maximum atomic E-state index is 12.7. The smallest absolute Gasteiger partial charge is 0.310 e. The van der Waals surface area contributed by atoms with Gasteiger partial charge in [0, 0.05) is 5.56 Å². The monoisotopic (exact) mass is 368 g/mol. The lowest BCUT2D eigenvalue weighted by molar-refractivity contribution is -0.164. The van der Waals surface area contributed by atoms with Gasteiger partial charge in [-0.05, 0) is 80.0 Å². The minimum atomic E-state index is -0.0759. The van der Waals surface area contributed by atoms with Gasteiger partial charge in [0.2, 0.25) is 5.82 Å². The van der Waals surface area contributed by atoms with Crippen LogP contribution in [0.4, 0.5) is 0 Å². The molecule has 0 atom stereocenters. The highest BCUT2D eigenvalue weighted by molar-refractivity contribution is 5.73. The van der Waals surface area contributed by atoms with Crippen molar-refractivity contribution >= 4 is 5.97 Å². The highest BCUT2D eigenvalue weighted by atomic mass is 16.6. The van der Waals surface area contributed by atoms with Crippen LogP contribution in [0.25, 0.3) is 11.4 Å². The zero-order valence-electron chi connectivity index (χ0n) is 15.5. The topological polar surface area (TPSA) is 74.5 Å². The summed E-state index contributed by atoms with van der Waals surface area (Å²) in [4.78, 5) is 17.1. The normalized spacial score (nSPS) is 31.1. The zero-order chi connectivity index (χ0) is 18.4. The van der Waals surface area contributed by atoms with Crippen LogP contribution in [-0.2, 0) is 16.1 Å². The van der Waals surface area contributed by atoms with Crippen molar-refractivity contribution in [2.75, 3.05) is 7.11 Å². The summed E-state index contributed by atoms with van der Waals surface area (Å²) in [7, 11) is 1.62. The molecule has 4 bridgehead atoms. The van der Waals surface area contributed by atoms with Crippen LogP contribution in [0.15, 0.2) is 28.8 Å². The molecule has 4 aliphatic carbocycles. The van der Waals surface area contributed by atoms with E-state index in [-0.39, 0.29) is 18.5 Å². The molecule has 142 valence electrons. The highest BCUT2D eigenvalue weighted by Gasteiger charge is 2.51. The number of methoxy groups -OCH3 is 1. The number of hydrogen-bond donors (Lipinski definition) is 0. The molecule has 0 unspecified atom stereocenters. The average Bonchev–Trinajstić information content (AvgIpc) is 3.14. The maximum Gasteiger partial charge on any atom is 0.310 e. The minimum absolute atomic E-state index is 0.0464. The minimum Gasteiger partial charge on any atom is -0.497 e. The SMILES string of the molecule is COc1ccc(-c2noc(COC(=O)C3C4CC5CC(C4)CC3C5)n2)cc1. The number of ether oxygens (including phenoxy) is 2. The van der Waals surface area contributed by atoms with Crippen LogP contribution in [0.5, 0.6) is 5.75 Å². The predicted molar refractivity (Wildman–Crippen MR) is 96.6 cm³/mol. The first-order chi connectivity index (χ1) is 13.2. The largest absolute Gasteiger partial charge is 0.497 e. The van der Waals surface area contributed by atoms with E-state index in [1.54, 1.807) is 7.11 Å². The molecule has 1 aromatic heterocycles. The third-order valence-corrected chi connectivity index (χ3v) is 6.65. The molecule has 1 aromatic carbocycles. The van der Waals surface area contributed by atoms with Crippen molar-refractivity contribution in [1.29, 1.82) is 0 Å². The van der Waals surface area contributed by atoms with Gasteiger partial charge in [0.15, 0.2) is 6.61 Å². The summed E-state index contributed by atoms with van der Waals surface area (Å²) in [5, 5.41) is 3.99. The summed E-state index contributed by atoms with van der Waals surface area (Å²) in [6, 6.07) is 7.43. The molecule has 4 aliphatic rings. The van der Waals surface area contributed by atoms with Gasteiger partial charge in [-0.1, -0.05) is 5.16 Å². The summed E-state index contributed by atoms with van der Waals surface area (Å²) < 4.78 is 16.0. The molecule has 6 rings (SSSR count). The predicted octanol–water partition coefficient (Wildman–Crippen LogP) is 3.86. The summed E-state index contributed by atoms with van der Waals surface area (Å²) in [6.07, 6.45) is 6.19. The average molecular weight is 368 g/mol. The first kappa shape index (κ1) is 16.8. The number of esters is 1. The molecule has 0 N–H and O–H groups in total. The first-order valence-electron chi connectivity index (χ1n) is 9.83. The fourth-order valence-corrected chi connectivity index (χ4v) is 5.71. The number of rotatable bonds is 5. The second-order valence-corrected chi connectivity index (χ2v) is 8.30. The van der Waals surface area contributed by atoms with Gasteiger partial charge in [-0.2, -0.15) is 4.98 Å². The number of aromatic nitrogens is 2. The van der Waals surface area contributed by atoms with E-state index in [9.17, 15) is 4.79 Å². The van der Waals surface area contributed by atoms with Crippen molar-refractivity contribution in [3.8, 4) is 17.1 Å². The number of benzene rings is 1. The van der Waals surface area contributed by atoms with Gasteiger partial charge < -0.3 is 14.0 Å². The van der Waals surface area contributed by atoms with Gasteiger partial charge in [0.25, 0.3) is 5.89 Å². The van der Waals surface area contributed by atoms with Crippen molar-refractivity contribution in [3.63, 3.8) is 0 Å². The molecule has 0 amide bonds. The van der Waals surface area contributed by atoms with E-state index < -0.39 is 0 Å². The lowest BCUT2D eigenvalue weighted by Crippen LogP contribution is -2.48. The van der Waals surface area contributed by atoms with Gasteiger partial charge >= 0.3 is 5.97 Å². The number of carbonyl (C=O) groups excluding carboxylic acids is 1. The Morgan fingerprint density at radius 2 is 1.74 bits per heavy atom. The Hall–Kier alpha value is -2.37. The van der Waals surface area contributed by atoms with E-state index in [1.807, 2.05) is 24.3 Å². The number of hydrogen-bond acceptors (Lipinski definition) is 6. The third-order valence-electron chi connectivity index (χ3n) is 6.65. The Bertz CT molecular complexity index is 801. The van der Waals surface area contributed by atoms with Crippen LogP contribution >= 0.6 is 0 Å². The van der Waals surface area contributed by atoms with Crippen molar-refractivity contribution in [1.82, 2.24) is 10.1 Å². The summed E-state index contributed by atoms with van der Waals surface area (Å²) in [6.45, 7) is 0.0464. The second-order valence-electron chi connectivity index (χ2n) is 8.30. The Kier molecular flexibility index (Phi) is 4.14. The van der Waals surface area contributed by atoms with Crippen LogP contribution in [0.3, 0.4) is 0 Å². The second kappa shape index (κ2) is 6.66. The Balaban J connectivity index is 1.22. The van der Waals surface area contributed by atoms with E-state index in [0.29, 0.717) is 23.6 Å². The molecule has 6 nitrogen and oxygen atoms in total. The zero-order valence-corrected chi connectivity index (χ0v) is 15.5. The Morgan fingerprint density at radius 3 is 2.37 bits per heavy atom. The van der Waals surface area contributed by atoms with Gasteiger partial charge in [-0.15, -0.1) is 0 Å². The molecule has 4 saturated carbocycles. The Labute approximate surface area is 158 Å². The fraction of sp³-hybridized carbons (Fsp3) is 0.571. The summed E-state index contributed by atoms with van der Waals surface area (Å²) in [5.41, 5.74) is 0.832. The number of nitrogens with zero attached hydrogens (tertiary/aromatic N) is 2. The third kappa shape index (κ3) is 3.11. The van der Waals surface area contributed by atoms with Crippen LogP contribution in [0, 0.1) is 29.6 Å². The van der Waals surface area contributed by atoms with Crippen LogP contribution in [0.2, 0.25) is 0 Å². The van der Waals surface area contributed by atoms with Gasteiger partial charge in [0.05, 0.1) is 13.0 Å². The number of carbonyl (C=O) groups is 1. The van der Waals surface area contributed by atoms with Crippen molar-refractivity contribution in [2.45, 2.75) is 38.7 Å². The quantitative estimate of drug-likeness (QED) is 0.746. The van der Waals surface area contributed by atoms with E-state index in [2.05, 4.69) is 10.1 Å². The Morgan fingerprint density at radius 1 is 1.07 bits per heavy atom. The van der Waals surface area contributed by atoms with Crippen LogP contribution < -0.4 is 4.74 Å². The van der Waals surface area contributed by atoms with E-state index >= 15 is 0 Å². The molecule has 4 fully saturated rings. The summed E-state index contributed by atoms with van der Waals surface area (Å²) in [5.74, 6) is 4.31. The summed E-state index contributed by atoms with van der Waals surface area (Å²) >= 11 is 0. The fourth-order valence-electron chi connectivity index (χ4n) is 5.71. The molecule has 2 aromatic rings. The molecular weight excluding hydrogens is 344 g/mol. The lowest BCUT2D eigenvalue weighted by Gasteiger charge is -2.53. The van der Waals surface area contributed by atoms with Crippen LogP contribution in [-0.4, -0.2) is 23.2 Å². The standard InChI is InChI=1S/C21H24N2O4/c1-25-17-4-2-14(3-5-17)20-22-18(27-23-20)11-26-21(24)19-15-7-12-6-13(9-15)10-16(19)8-12/h2-5,12-13,15-16,19H,6-11H2,1H3. The molecule has 27 heavy (non-hydrogen) atoms. The lowest BCUT2D eigenvalue weighted by atomic mass is 9.52. The first-order valence-corrected chi connectivity index (χ1v) is 9.83. The van der Waals surface area contributed by atoms with E-state index in [1.165, 1.54) is 32.1 Å². The van der Waals surface area contributed by atoms with E-state index in [0.717, 1.165) is 23.1 Å².